The van der Waals surface area contributed by atoms with Gasteiger partial charge in [0.2, 0.25) is 0 Å². The molecular formula is C21H22ClN3O3. The average Bonchev–Trinajstić information content (AvgIpc) is 2.74. The fourth-order valence-electron chi connectivity index (χ4n) is 2.97. The van der Waals surface area contributed by atoms with Crippen molar-refractivity contribution in [2.24, 2.45) is 0 Å². The van der Waals surface area contributed by atoms with Gasteiger partial charge in [-0.15, -0.1) is 0 Å². The summed E-state index contributed by atoms with van der Waals surface area (Å²) in [5.41, 5.74) is 1.18. The van der Waals surface area contributed by atoms with E-state index in [9.17, 15) is 9.59 Å². The molecule has 0 spiro atoms. The Morgan fingerprint density at radius 1 is 1.11 bits per heavy atom. The molecule has 0 aliphatic carbocycles. The quantitative estimate of drug-likeness (QED) is 0.758. The molecule has 1 aliphatic heterocycles. The third kappa shape index (κ3) is 4.71. The van der Waals surface area contributed by atoms with Crippen molar-refractivity contribution in [3.63, 3.8) is 0 Å². The van der Waals surface area contributed by atoms with Crippen molar-refractivity contribution in [2.45, 2.75) is 0 Å². The monoisotopic (exact) mass is 399 g/mol. The molecule has 28 heavy (non-hydrogen) atoms. The Morgan fingerprint density at radius 3 is 2.50 bits per heavy atom. The minimum absolute atomic E-state index is 0.177. The molecule has 7 heteroatoms. The van der Waals surface area contributed by atoms with Gasteiger partial charge in [0, 0.05) is 31.7 Å². The average molecular weight is 400 g/mol. The summed E-state index contributed by atoms with van der Waals surface area (Å²) in [5.74, 6) is -0.0665. The summed E-state index contributed by atoms with van der Waals surface area (Å²) in [6.07, 6.45) is 1.64. The highest BCUT2D eigenvalue weighted by atomic mass is 35.5. The number of nitrogens with zero attached hydrogens (tertiary/aromatic N) is 1. The number of benzene rings is 2. The molecule has 0 unspecified atom stereocenters. The first kappa shape index (κ1) is 19.9. The largest absolute Gasteiger partial charge is 0.496 e. The van der Waals surface area contributed by atoms with Crippen LogP contribution in [0.4, 0.5) is 0 Å². The van der Waals surface area contributed by atoms with Gasteiger partial charge in [0.1, 0.15) is 11.4 Å². The summed E-state index contributed by atoms with van der Waals surface area (Å²) in [6.45, 7) is 2.58. The van der Waals surface area contributed by atoms with Crippen LogP contribution in [0.25, 0.3) is 6.08 Å². The third-order valence-corrected chi connectivity index (χ3v) is 4.77. The molecule has 1 saturated heterocycles. The molecule has 0 atom stereocenters. The van der Waals surface area contributed by atoms with Crippen LogP contribution in [0.2, 0.25) is 5.02 Å². The zero-order chi connectivity index (χ0) is 19.9. The number of carbonyl (C=O) groups excluding carboxylic acids is 2. The maximum absolute atomic E-state index is 13.1. The number of piperazine rings is 1. The second-order valence-corrected chi connectivity index (χ2v) is 6.68. The number of halogens is 1. The zero-order valence-corrected chi connectivity index (χ0v) is 16.3. The Bertz CT molecular complexity index is 892. The molecule has 2 N–H and O–H groups in total. The number of hydrogen-bond donors (Lipinski definition) is 2. The molecule has 0 saturated carbocycles. The Morgan fingerprint density at radius 2 is 1.79 bits per heavy atom. The van der Waals surface area contributed by atoms with E-state index in [-0.39, 0.29) is 11.6 Å². The van der Waals surface area contributed by atoms with Crippen LogP contribution in [0.5, 0.6) is 5.75 Å². The van der Waals surface area contributed by atoms with E-state index in [2.05, 4.69) is 10.6 Å². The number of nitrogens with one attached hydrogen (secondary N) is 2. The van der Waals surface area contributed by atoms with Crippen LogP contribution in [0.1, 0.15) is 15.9 Å². The lowest BCUT2D eigenvalue weighted by Gasteiger charge is -2.28. The van der Waals surface area contributed by atoms with E-state index in [1.54, 1.807) is 48.4 Å². The standard InChI is InChI=1S/C21H22ClN3O3/c1-28-19-9-5-2-6-15(19)14-18(21(27)25-12-10-23-11-13-25)24-20(26)16-7-3-4-8-17(16)22/h2-9,14,23H,10-13H2,1H3,(H,24,26). The summed E-state index contributed by atoms with van der Waals surface area (Å²) >= 11 is 6.13. The van der Waals surface area contributed by atoms with Gasteiger partial charge >= 0.3 is 0 Å². The molecule has 146 valence electrons. The number of amides is 2. The maximum atomic E-state index is 13.1. The van der Waals surface area contributed by atoms with Crippen molar-refractivity contribution < 1.29 is 14.3 Å². The number of carbonyl (C=O) groups is 2. The maximum Gasteiger partial charge on any atom is 0.270 e. The third-order valence-electron chi connectivity index (χ3n) is 4.44. The van der Waals surface area contributed by atoms with Crippen molar-refractivity contribution in [1.82, 2.24) is 15.5 Å². The highest BCUT2D eigenvalue weighted by Crippen LogP contribution is 2.21. The smallest absolute Gasteiger partial charge is 0.270 e. The van der Waals surface area contributed by atoms with Crippen LogP contribution in [0.3, 0.4) is 0 Å². The van der Waals surface area contributed by atoms with Crippen LogP contribution in [0.15, 0.2) is 54.2 Å². The highest BCUT2D eigenvalue weighted by molar-refractivity contribution is 6.34. The van der Waals surface area contributed by atoms with Crippen molar-refractivity contribution >= 4 is 29.5 Å². The fourth-order valence-corrected chi connectivity index (χ4v) is 3.19. The number of hydrogen-bond acceptors (Lipinski definition) is 4. The molecule has 2 aromatic carbocycles. The van der Waals surface area contributed by atoms with Crippen LogP contribution < -0.4 is 15.4 Å². The molecule has 2 amide bonds. The predicted octanol–water partition coefficient (Wildman–Crippen LogP) is 2.55. The Kier molecular flexibility index (Phi) is 6.68. The van der Waals surface area contributed by atoms with Gasteiger partial charge in [-0.1, -0.05) is 41.9 Å². The lowest BCUT2D eigenvalue weighted by molar-refractivity contribution is -0.127. The van der Waals surface area contributed by atoms with Gasteiger partial charge < -0.3 is 20.3 Å². The lowest BCUT2D eigenvalue weighted by atomic mass is 10.1. The van der Waals surface area contributed by atoms with Crippen molar-refractivity contribution in [1.29, 1.82) is 0 Å². The molecule has 2 aromatic rings. The summed E-state index contributed by atoms with van der Waals surface area (Å²) in [6, 6.07) is 14.0. The molecule has 3 rings (SSSR count). The number of rotatable bonds is 5. The van der Waals surface area contributed by atoms with Crippen molar-refractivity contribution in [2.75, 3.05) is 33.3 Å². The van der Waals surface area contributed by atoms with E-state index < -0.39 is 5.91 Å². The van der Waals surface area contributed by atoms with Gasteiger partial charge in [0.15, 0.2) is 0 Å². The first-order chi connectivity index (χ1) is 13.6. The SMILES string of the molecule is COc1ccccc1C=C(NC(=O)c1ccccc1Cl)C(=O)N1CCNCC1. The van der Waals surface area contributed by atoms with Crippen molar-refractivity contribution in [3.05, 3.63) is 70.4 Å². The summed E-state index contributed by atoms with van der Waals surface area (Å²) < 4.78 is 5.37. The molecule has 1 aliphatic rings. The van der Waals surface area contributed by atoms with E-state index in [4.69, 9.17) is 16.3 Å². The van der Waals surface area contributed by atoms with Gasteiger partial charge in [0.05, 0.1) is 17.7 Å². The predicted molar refractivity (Wildman–Crippen MR) is 109 cm³/mol. The summed E-state index contributed by atoms with van der Waals surface area (Å²) in [4.78, 5) is 27.6. The number of para-hydroxylation sites is 1. The number of ether oxygens (including phenoxy) is 1. The molecule has 1 fully saturated rings. The Labute approximate surface area is 169 Å². The van der Waals surface area contributed by atoms with Gasteiger partial charge in [-0.05, 0) is 24.3 Å². The first-order valence-corrected chi connectivity index (χ1v) is 9.38. The zero-order valence-electron chi connectivity index (χ0n) is 15.6. The highest BCUT2D eigenvalue weighted by Gasteiger charge is 2.23. The second-order valence-electron chi connectivity index (χ2n) is 6.28. The van der Waals surface area contributed by atoms with E-state index in [1.165, 1.54) is 0 Å². The Hall–Kier alpha value is -2.83. The molecule has 0 bridgehead atoms. The summed E-state index contributed by atoms with van der Waals surface area (Å²) in [5, 5.41) is 6.28. The van der Waals surface area contributed by atoms with Crippen LogP contribution in [-0.2, 0) is 4.79 Å². The molecular weight excluding hydrogens is 378 g/mol. The van der Waals surface area contributed by atoms with Crippen molar-refractivity contribution in [3.8, 4) is 5.75 Å². The van der Waals surface area contributed by atoms with Crippen LogP contribution in [0, 0.1) is 0 Å². The minimum atomic E-state index is -0.435. The molecule has 0 radical (unpaired) electrons. The molecule has 1 heterocycles. The summed E-state index contributed by atoms with van der Waals surface area (Å²) in [7, 11) is 1.56. The van der Waals surface area contributed by atoms with E-state index in [0.717, 1.165) is 0 Å². The van der Waals surface area contributed by atoms with Gasteiger partial charge in [-0.25, -0.2) is 0 Å². The second kappa shape index (κ2) is 9.39. The molecule has 6 nitrogen and oxygen atoms in total. The lowest BCUT2D eigenvalue weighted by Crippen LogP contribution is -2.48. The molecule has 0 aromatic heterocycles. The van der Waals surface area contributed by atoms with Gasteiger partial charge in [0.25, 0.3) is 11.8 Å². The topological polar surface area (TPSA) is 70.7 Å². The van der Waals surface area contributed by atoms with E-state index in [1.807, 2.05) is 18.2 Å². The number of methoxy groups -OCH3 is 1. The first-order valence-electron chi connectivity index (χ1n) is 9.00. The van der Waals surface area contributed by atoms with E-state index >= 15 is 0 Å². The fraction of sp³-hybridized carbons (Fsp3) is 0.238. The van der Waals surface area contributed by atoms with Crippen LogP contribution in [-0.4, -0.2) is 50.0 Å². The van der Waals surface area contributed by atoms with Gasteiger partial charge in [-0.3, -0.25) is 9.59 Å². The normalized spacial score (nSPS) is 14.5. The van der Waals surface area contributed by atoms with Crippen LogP contribution >= 0.6 is 11.6 Å². The minimum Gasteiger partial charge on any atom is -0.496 e. The van der Waals surface area contributed by atoms with E-state index in [0.29, 0.717) is 48.1 Å². The Balaban J connectivity index is 1.94. The van der Waals surface area contributed by atoms with Gasteiger partial charge in [-0.2, -0.15) is 0 Å².